The molecule has 3 rings (SSSR count). The van der Waals surface area contributed by atoms with Gasteiger partial charge < -0.3 is 10.2 Å². The van der Waals surface area contributed by atoms with Gasteiger partial charge in [0.25, 0.3) is 0 Å². The van der Waals surface area contributed by atoms with Crippen LogP contribution in [-0.4, -0.2) is 25.2 Å². The van der Waals surface area contributed by atoms with E-state index in [1.54, 1.807) is 12.1 Å². The molecule has 116 valence electrons. The molecule has 0 amide bonds. The average molecular weight is 298 g/mol. The van der Waals surface area contributed by atoms with Crippen molar-refractivity contribution in [1.29, 1.82) is 0 Å². The first-order chi connectivity index (χ1) is 9.99. The maximum Gasteiger partial charge on any atom is 0.416 e. The number of anilines is 1. The van der Waals surface area contributed by atoms with Crippen molar-refractivity contribution in [2.75, 3.05) is 24.5 Å². The van der Waals surface area contributed by atoms with Gasteiger partial charge in [0.1, 0.15) is 0 Å². The van der Waals surface area contributed by atoms with Crippen molar-refractivity contribution < 1.29 is 13.2 Å². The normalized spacial score (nSPS) is 22.5. The Balaban J connectivity index is 1.78. The van der Waals surface area contributed by atoms with Crippen LogP contribution in [0.4, 0.5) is 18.9 Å². The Morgan fingerprint density at radius 1 is 1.00 bits per heavy atom. The number of halogens is 3. The number of nitrogens with zero attached hydrogens (tertiary/aromatic N) is 1. The number of hydrogen-bond acceptors (Lipinski definition) is 2. The molecular weight excluding hydrogens is 277 g/mol. The summed E-state index contributed by atoms with van der Waals surface area (Å²) in [4.78, 5) is 2.24. The Hall–Kier alpha value is -1.23. The lowest BCUT2D eigenvalue weighted by atomic mass is 9.97. The molecule has 0 bridgehead atoms. The lowest BCUT2D eigenvalue weighted by Crippen LogP contribution is -2.49. The van der Waals surface area contributed by atoms with Crippen LogP contribution < -0.4 is 10.2 Å². The first-order valence-electron chi connectivity index (χ1n) is 7.66. The highest BCUT2D eigenvalue weighted by molar-refractivity contribution is 5.49. The second-order valence-electron chi connectivity index (χ2n) is 6.23. The van der Waals surface area contributed by atoms with Gasteiger partial charge in [0, 0.05) is 24.3 Å². The summed E-state index contributed by atoms with van der Waals surface area (Å²) in [5, 5.41) is 3.67. The summed E-state index contributed by atoms with van der Waals surface area (Å²) in [6.45, 7) is 2.80. The molecule has 1 heterocycles. The van der Waals surface area contributed by atoms with E-state index in [1.807, 2.05) is 0 Å². The summed E-state index contributed by atoms with van der Waals surface area (Å²) >= 11 is 0. The fraction of sp³-hybridized carbons (Fsp3) is 0.625. The van der Waals surface area contributed by atoms with Gasteiger partial charge >= 0.3 is 6.18 Å². The van der Waals surface area contributed by atoms with Crippen molar-refractivity contribution in [1.82, 2.24) is 5.32 Å². The standard InChI is InChI=1S/C16H21F3N2/c17-16(18,19)13-4-6-14(7-5-13)21-11-3-10-20-15(12-21)8-1-2-9-15/h4-7,20H,1-3,8-12H2. The molecule has 5 heteroatoms. The SMILES string of the molecule is FC(F)(F)c1ccc(N2CCCNC3(CCCC3)C2)cc1. The predicted molar refractivity (Wildman–Crippen MR) is 77.5 cm³/mol. The molecule has 0 aromatic heterocycles. The van der Waals surface area contributed by atoms with Crippen molar-refractivity contribution in [3.8, 4) is 0 Å². The fourth-order valence-electron chi connectivity index (χ4n) is 3.59. The van der Waals surface area contributed by atoms with E-state index in [0.717, 1.165) is 31.7 Å². The van der Waals surface area contributed by atoms with Crippen LogP contribution in [0, 0.1) is 0 Å². The van der Waals surface area contributed by atoms with E-state index in [2.05, 4.69) is 10.2 Å². The van der Waals surface area contributed by atoms with Crippen LogP contribution in [0.5, 0.6) is 0 Å². The zero-order valence-corrected chi connectivity index (χ0v) is 12.0. The van der Waals surface area contributed by atoms with E-state index in [4.69, 9.17) is 0 Å². The summed E-state index contributed by atoms with van der Waals surface area (Å²) in [6, 6.07) is 5.59. The third-order valence-electron chi connectivity index (χ3n) is 4.72. The van der Waals surface area contributed by atoms with Crippen LogP contribution in [0.3, 0.4) is 0 Å². The molecular formula is C16H21F3N2. The molecule has 1 aliphatic heterocycles. The molecule has 2 aliphatic rings. The van der Waals surface area contributed by atoms with Gasteiger partial charge in [-0.25, -0.2) is 0 Å². The van der Waals surface area contributed by atoms with Gasteiger partial charge in [-0.3, -0.25) is 0 Å². The lowest BCUT2D eigenvalue weighted by molar-refractivity contribution is -0.137. The zero-order valence-electron chi connectivity index (χ0n) is 12.0. The van der Waals surface area contributed by atoms with E-state index in [1.165, 1.54) is 37.8 Å². The molecule has 1 spiro atoms. The topological polar surface area (TPSA) is 15.3 Å². The Morgan fingerprint density at radius 2 is 1.67 bits per heavy atom. The molecule has 1 aromatic carbocycles. The third-order valence-corrected chi connectivity index (χ3v) is 4.72. The highest BCUT2D eigenvalue weighted by Gasteiger charge is 2.36. The highest BCUT2D eigenvalue weighted by atomic mass is 19.4. The van der Waals surface area contributed by atoms with Gasteiger partial charge in [-0.1, -0.05) is 12.8 Å². The maximum absolute atomic E-state index is 12.6. The smallest absolute Gasteiger partial charge is 0.370 e. The third kappa shape index (κ3) is 3.18. The fourth-order valence-corrected chi connectivity index (χ4v) is 3.59. The van der Waals surface area contributed by atoms with E-state index in [0.29, 0.717) is 0 Å². The van der Waals surface area contributed by atoms with Crippen molar-refractivity contribution in [3.63, 3.8) is 0 Å². The first-order valence-corrected chi connectivity index (χ1v) is 7.66. The molecule has 1 aliphatic carbocycles. The molecule has 21 heavy (non-hydrogen) atoms. The van der Waals surface area contributed by atoms with Gasteiger partial charge in [-0.2, -0.15) is 13.2 Å². The predicted octanol–water partition coefficient (Wildman–Crippen LogP) is 3.82. The molecule has 0 atom stereocenters. The number of hydrogen-bond donors (Lipinski definition) is 1. The first kappa shape index (κ1) is 14.7. The van der Waals surface area contributed by atoms with Gasteiger partial charge in [0.2, 0.25) is 0 Å². The Kier molecular flexibility index (Phi) is 3.86. The summed E-state index contributed by atoms with van der Waals surface area (Å²) in [6.07, 6.45) is 1.60. The van der Waals surface area contributed by atoms with Crippen molar-refractivity contribution in [2.24, 2.45) is 0 Å². The van der Waals surface area contributed by atoms with Crippen molar-refractivity contribution in [2.45, 2.75) is 43.8 Å². The molecule has 1 aromatic rings. The molecule has 1 N–H and O–H groups in total. The van der Waals surface area contributed by atoms with E-state index in [9.17, 15) is 13.2 Å². The van der Waals surface area contributed by atoms with Gasteiger partial charge in [0.05, 0.1) is 5.56 Å². The highest BCUT2D eigenvalue weighted by Crippen LogP contribution is 2.34. The van der Waals surface area contributed by atoms with Crippen LogP contribution in [0.1, 0.15) is 37.7 Å². The maximum atomic E-state index is 12.6. The Morgan fingerprint density at radius 3 is 2.29 bits per heavy atom. The summed E-state index contributed by atoms with van der Waals surface area (Å²) in [5.41, 5.74) is 0.492. The van der Waals surface area contributed by atoms with Gasteiger partial charge in [-0.05, 0) is 50.1 Å². The lowest BCUT2D eigenvalue weighted by Gasteiger charge is -2.34. The van der Waals surface area contributed by atoms with E-state index in [-0.39, 0.29) is 5.54 Å². The molecule has 1 saturated heterocycles. The summed E-state index contributed by atoms with van der Waals surface area (Å²) < 4.78 is 37.9. The largest absolute Gasteiger partial charge is 0.416 e. The van der Waals surface area contributed by atoms with Crippen molar-refractivity contribution >= 4 is 5.69 Å². The molecule has 2 fully saturated rings. The minimum atomic E-state index is -4.26. The van der Waals surface area contributed by atoms with E-state index < -0.39 is 11.7 Å². The second kappa shape index (κ2) is 5.52. The summed E-state index contributed by atoms with van der Waals surface area (Å²) in [7, 11) is 0. The van der Waals surface area contributed by atoms with Crippen LogP contribution >= 0.6 is 0 Å². The average Bonchev–Trinajstić information content (AvgIpc) is 2.79. The minimum Gasteiger partial charge on any atom is -0.370 e. The number of nitrogens with one attached hydrogen (secondary N) is 1. The van der Waals surface area contributed by atoms with Crippen LogP contribution in [0.15, 0.2) is 24.3 Å². The second-order valence-corrected chi connectivity index (χ2v) is 6.23. The van der Waals surface area contributed by atoms with Gasteiger partial charge in [-0.15, -0.1) is 0 Å². The molecule has 1 saturated carbocycles. The zero-order chi connectivity index (χ0) is 14.9. The monoisotopic (exact) mass is 298 g/mol. The Bertz CT molecular complexity index is 475. The van der Waals surface area contributed by atoms with Crippen LogP contribution in [0.2, 0.25) is 0 Å². The van der Waals surface area contributed by atoms with Gasteiger partial charge in [0.15, 0.2) is 0 Å². The van der Waals surface area contributed by atoms with E-state index >= 15 is 0 Å². The van der Waals surface area contributed by atoms with Crippen molar-refractivity contribution in [3.05, 3.63) is 29.8 Å². The number of alkyl halides is 3. The molecule has 0 radical (unpaired) electrons. The number of rotatable bonds is 1. The van der Waals surface area contributed by atoms with Crippen LogP contribution in [0.25, 0.3) is 0 Å². The summed E-state index contributed by atoms with van der Waals surface area (Å²) in [5.74, 6) is 0. The number of benzene rings is 1. The molecule has 0 unspecified atom stereocenters. The van der Waals surface area contributed by atoms with Crippen LogP contribution in [-0.2, 0) is 6.18 Å². The minimum absolute atomic E-state index is 0.166. The quantitative estimate of drug-likeness (QED) is 0.848. The Labute approximate surface area is 123 Å². The molecule has 2 nitrogen and oxygen atoms in total.